The predicted molar refractivity (Wildman–Crippen MR) is 74.8 cm³/mol. The largest absolute Gasteiger partial charge is 0.397 e. The van der Waals surface area contributed by atoms with E-state index in [4.69, 9.17) is 22.1 Å². The van der Waals surface area contributed by atoms with Crippen molar-refractivity contribution in [3.8, 4) is 0 Å². The predicted octanol–water partition coefficient (Wildman–Crippen LogP) is 2.92. The number of carbonyl (C=O) groups is 1. The number of hydrogen-bond donors (Lipinski definition) is 2. The summed E-state index contributed by atoms with van der Waals surface area (Å²) in [6.07, 6.45) is 0.937. The molecule has 0 aliphatic rings. The van der Waals surface area contributed by atoms with Crippen LogP contribution in [0.15, 0.2) is 18.2 Å². The van der Waals surface area contributed by atoms with Crippen molar-refractivity contribution in [3.63, 3.8) is 0 Å². The van der Waals surface area contributed by atoms with Gasteiger partial charge in [-0.15, -0.1) is 0 Å². The molecule has 0 heterocycles. The van der Waals surface area contributed by atoms with Gasteiger partial charge in [0.25, 0.3) is 0 Å². The molecule has 0 fully saturated rings. The summed E-state index contributed by atoms with van der Waals surface area (Å²) in [5, 5.41) is 3.19. The number of nitrogens with one attached hydrogen (secondary N) is 1. The Bertz CT molecular complexity index is 408. The van der Waals surface area contributed by atoms with Crippen molar-refractivity contribution in [2.75, 3.05) is 24.3 Å². The lowest BCUT2D eigenvalue weighted by atomic mass is 10.1. The smallest absolute Gasteiger partial charge is 0.250 e. The SMILES string of the molecule is CC(C)CCOCC(=O)Nc1cc(Cl)ccc1N. The average Bonchev–Trinajstić information content (AvgIpc) is 2.29. The molecule has 0 radical (unpaired) electrons. The summed E-state index contributed by atoms with van der Waals surface area (Å²) in [5.74, 6) is 0.337. The lowest BCUT2D eigenvalue weighted by Gasteiger charge is -2.09. The number of carbonyl (C=O) groups excluding carboxylic acids is 1. The van der Waals surface area contributed by atoms with E-state index in [9.17, 15) is 4.79 Å². The zero-order valence-corrected chi connectivity index (χ0v) is 11.5. The summed E-state index contributed by atoms with van der Waals surface area (Å²) in [5.41, 5.74) is 6.71. The number of rotatable bonds is 6. The summed E-state index contributed by atoms with van der Waals surface area (Å²) in [7, 11) is 0. The van der Waals surface area contributed by atoms with E-state index in [2.05, 4.69) is 19.2 Å². The molecule has 18 heavy (non-hydrogen) atoms. The third kappa shape index (κ3) is 5.38. The fourth-order valence-electron chi connectivity index (χ4n) is 1.31. The van der Waals surface area contributed by atoms with E-state index < -0.39 is 0 Å². The lowest BCUT2D eigenvalue weighted by Crippen LogP contribution is -2.19. The van der Waals surface area contributed by atoms with E-state index in [1.165, 1.54) is 0 Å². The maximum atomic E-state index is 11.6. The van der Waals surface area contributed by atoms with E-state index in [-0.39, 0.29) is 12.5 Å². The van der Waals surface area contributed by atoms with Crippen LogP contribution in [0.5, 0.6) is 0 Å². The van der Waals surface area contributed by atoms with Gasteiger partial charge < -0.3 is 15.8 Å². The molecular formula is C13H19ClN2O2. The van der Waals surface area contributed by atoms with E-state index in [0.717, 1.165) is 6.42 Å². The Labute approximate surface area is 112 Å². The highest BCUT2D eigenvalue weighted by atomic mass is 35.5. The first-order valence-corrected chi connectivity index (χ1v) is 6.29. The van der Waals surface area contributed by atoms with Gasteiger partial charge in [-0.3, -0.25) is 4.79 Å². The van der Waals surface area contributed by atoms with Crippen LogP contribution in [-0.2, 0) is 9.53 Å². The van der Waals surface area contributed by atoms with Crippen LogP contribution in [0.3, 0.4) is 0 Å². The number of nitrogens with two attached hydrogens (primary N) is 1. The fraction of sp³-hybridized carbons (Fsp3) is 0.462. The Hall–Kier alpha value is -1.26. The van der Waals surface area contributed by atoms with Crippen LogP contribution in [0, 0.1) is 5.92 Å². The lowest BCUT2D eigenvalue weighted by molar-refractivity contribution is -0.120. The summed E-state index contributed by atoms with van der Waals surface area (Å²) in [6.45, 7) is 4.82. The first kappa shape index (κ1) is 14.8. The molecule has 0 aliphatic heterocycles. The monoisotopic (exact) mass is 270 g/mol. The summed E-state index contributed by atoms with van der Waals surface area (Å²) >= 11 is 5.82. The van der Waals surface area contributed by atoms with Crippen LogP contribution < -0.4 is 11.1 Å². The van der Waals surface area contributed by atoms with E-state index in [1.807, 2.05) is 0 Å². The summed E-state index contributed by atoms with van der Waals surface area (Å²) in [6, 6.07) is 4.94. The second kappa shape index (κ2) is 7.24. The molecule has 3 N–H and O–H groups in total. The highest BCUT2D eigenvalue weighted by Gasteiger charge is 2.06. The second-order valence-corrected chi connectivity index (χ2v) is 4.95. The van der Waals surface area contributed by atoms with Crippen molar-refractivity contribution in [3.05, 3.63) is 23.2 Å². The van der Waals surface area contributed by atoms with Gasteiger partial charge in [0, 0.05) is 11.6 Å². The van der Waals surface area contributed by atoms with Crippen LogP contribution in [0.2, 0.25) is 5.02 Å². The Morgan fingerprint density at radius 1 is 1.50 bits per heavy atom. The normalized spacial score (nSPS) is 10.7. The Morgan fingerprint density at radius 3 is 2.89 bits per heavy atom. The molecule has 5 heteroatoms. The minimum Gasteiger partial charge on any atom is -0.397 e. The van der Waals surface area contributed by atoms with E-state index >= 15 is 0 Å². The van der Waals surface area contributed by atoms with Crippen molar-refractivity contribution in [1.82, 2.24) is 0 Å². The number of nitrogen functional groups attached to an aromatic ring is 1. The van der Waals surface area contributed by atoms with Gasteiger partial charge in [0.1, 0.15) is 6.61 Å². The van der Waals surface area contributed by atoms with Gasteiger partial charge in [-0.25, -0.2) is 0 Å². The van der Waals surface area contributed by atoms with E-state index in [1.54, 1.807) is 18.2 Å². The molecule has 0 unspecified atom stereocenters. The number of amides is 1. The van der Waals surface area contributed by atoms with Gasteiger partial charge in [-0.2, -0.15) is 0 Å². The topological polar surface area (TPSA) is 64.3 Å². The highest BCUT2D eigenvalue weighted by Crippen LogP contribution is 2.22. The zero-order chi connectivity index (χ0) is 13.5. The van der Waals surface area contributed by atoms with Crippen molar-refractivity contribution in [2.24, 2.45) is 5.92 Å². The Kier molecular flexibility index (Phi) is 5.95. The Morgan fingerprint density at radius 2 is 2.22 bits per heavy atom. The molecule has 100 valence electrons. The summed E-state index contributed by atoms with van der Waals surface area (Å²) < 4.78 is 5.26. The second-order valence-electron chi connectivity index (χ2n) is 4.51. The fourth-order valence-corrected chi connectivity index (χ4v) is 1.48. The van der Waals surface area contributed by atoms with Crippen molar-refractivity contribution >= 4 is 28.9 Å². The third-order valence-electron chi connectivity index (χ3n) is 2.36. The van der Waals surface area contributed by atoms with Crippen LogP contribution >= 0.6 is 11.6 Å². The first-order chi connectivity index (χ1) is 8.49. The molecule has 0 saturated carbocycles. The van der Waals surface area contributed by atoms with Crippen molar-refractivity contribution in [1.29, 1.82) is 0 Å². The zero-order valence-electron chi connectivity index (χ0n) is 10.7. The molecule has 0 aromatic heterocycles. The molecule has 0 bridgehead atoms. The third-order valence-corrected chi connectivity index (χ3v) is 2.60. The molecule has 1 amide bonds. The molecule has 0 atom stereocenters. The minimum atomic E-state index is -0.229. The standard InChI is InChI=1S/C13H19ClN2O2/c1-9(2)5-6-18-8-13(17)16-12-7-10(14)3-4-11(12)15/h3-4,7,9H,5-6,8,15H2,1-2H3,(H,16,17). The average molecular weight is 271 g/mol. The summed E-state index contributed by atoms with van der Waals surface area (Å²) in [4.78, 5) is 11.6. The molecule has 1 aromatic carbocycles. The number of anilines is 2. The quantitative estimate of drug-likeness (QED) is 0.617. The minimum absolute atomic E-state index is 0.0265. The maximum Gasteiger partial charge on any atom is 0.250 e. The van der Waals surface area contributed by atoms with Crippen molar-refractivity contribution in [2.45, 2.75) is 20.3 Å². The van der Waals surface area contributed by atoms with Crippen LogP contribution in [0.4, 0.5) is 11.4 Å². The highest BCUT2D eigenvalue weighted by molar-refractivity contribution is 6.31. The Balaban J connectivity index is 2.38. The number of benzene rings is 1. The first-order valence-electron chi connectivity index (χ1n) is 5.91. The van der Waals surface area contributed by atoms with Crippen LogP contribution in [0.1, 0.15) is 20.3 Å². The molecule has 4 nitrogen and oxygen atoms in total. The van der Waals surface area contributed by atoms with E-state index in [0.29, 0.717) is 28.9 Å². The van der Waals surface area contributed by atoms with Crippen molar-refractivity contribution < 1.29 is 9.53 Å². The molecular weight excluding hydrogens is 252 g/mol. The van der Waals surface area contributed by atoms with Crippen LogP contribution in [-0.4, -0.2) is 19.1 Å². The molecule has 1 aromatic rings. The van der Waals surface area contributed by atoms with Gasteiger partial charge in [0.05, 0.1) is 11.4 Å². The van der Waals surface area contributed by atoms with Gasteiger partial charge >= 0.3 is 0 Å². The number of hydrogen-bond acceptors (Lipinski definition) is 3. The number of ether oxygens (including phenoxy) is 1. The van der Waals surface area contributed by atoms with Gasteiger partial charge in [-0.05, 0) is 30.5 Å². The number of halogens is 1. The molecule has 1 rings (SSSR count). The maximum absolute atomic E-state index is 11.6. The van der Waals surface area contributed by atoms with Crippen LogP contribution in [0.25, 0.3) is 0 Å². The van der Waals surface area contributed by atoms with Gasteiger partial charge in [-0.1, -0.05) is 25.4 Å². The molecule has 0 spiro atoms. The molecule has 0 aliphatic carbocycles. The van der Waals surface area contributed by atoms with Gasteiger partial charge in [0.15, 0.2) is 0 Å². The molecule has 0 saturated heterocycles. The van der Waals surface area contributed by atoms with Gasteiger partial charge in [0.2, 0.25) is 5.91 Å².